The van der Waals surface area contributed by atoms with Crippen LogP contribution in [0.1, 0.15) is 54.9 Å². The molecule has 1 fully saturated rings. The summed E-state index contributed by atoms with van der Waals surface area (Å²) in [5.74, 6) is 0.804. The van der Waals surface area contributed by atoms with E-state index in [0.29, 0.717) is 33.9 Å². The van der Waals surface area contributed by atoms with Crippen LogP contribution in [0.15, 0.2) is 119 Å². The maximum Gasteiger partial charge on any atom is 0.410 e. The number of imidazole rings is 1. The normalized spacial score (nSPS) is 13.3. The van der Waals surface area contributed by atoms with E-state index in [1.54, 1.807) is 118 Å². The van der Waals surface area contributed by atoms with Gasteiger partial charge in [0.05, 0.1) is 44.9 Å². The summed E-state index contributed by atoms with van der Waals surface area (Å²) in [4.78, 5) is 32.1. The summed E-state index contributed by atoms with van der Waals surface area (Å²) in [5.41, 5.74) is 1.49. The predicted molar refractivity (Wildman–Crippen MR) is 257 cm³/mol. The second kappa shape index (κ2) is 19.9. The molecule has 0 spiro atoms. The number of hydrogen-bond acceptors (Lipinski definition) is 15. The van der Waals surface area contributed by atoms with Gasteiger partial charge in [0.25, 0.3) is 0 Å². The van der Waals surface area contributed by atoms with Crippen molar-refractivity contribution < 1.29 is 50.1 Å². The zero-order valence-corrected chi connectivity index (χ0v) is 41.2. The van der Waals surface area contributed by atoms with Gasteiger partial charge in [-0.15, -0.1) is 10.2 Å². The van der Waals surface area contributed by atoms with Gasteiger partial charge in [0.1, 0.15) is 38.6 Å². The first-order chi connectivity index (χ1) is 33.4. The molecule has 8 rings (SSSR count). The first-order valence-corrected chi connectivity index (χ1v) is 25.1. The van der Waals surface area contributed by atoms with Crippen LogP contribution in [-0.4, -0.2) is 120 Å². The number of aromatic nitrogens is 6. The number of pyridine rings is 1. The van der Waals surface area contributed by atoms with Gasteiger partial charge in [-0.05, 0) is 110 Å². The molecule has 21 heteroatoms. The summed E-state index contributed by atoms with van der Waals surface area (Å²) < 4.78 is 92.7. The number of sulfonamides is 1. The maximum atomic E-state index is 16.2. The molecule has 0 saturated carbocycles. The largest absolute Gasteiger partial charge is 0.497 e. The summed E-state index contributed by atoms with van der Waals surface area (Å²) in [5, 5.41) is 12.3. The monoisotopic (exact) mass is 992 g/mol. The highest BCUT2D eigenvalue weighted by molar-refractivity contribution is 7.94. The number of esters is 1. The minimum atomic E-state index is -5.00. The Morgan fingerprint density at radius 2 is 1.33 bits per heavy atom. The molecule has 4 aromatic carbocycles. The van der Waals surface area contributed by atoms with E-state index in [2.05, 4.69) is 15.3 Å². The van der Waals surface area contributed by atoms with Crippen LogP contribution in [0.3, 0.4) is 0 Å². The third-order valence-electron chi connectivity index (χ3n) is 11.4. The molecule has 0 atom stereocenters. The molecule has 366 valence electrons. The molecule has 0 aliphatic carbocycles. The molecule has 1 saturated heterocycles. The van der Waals surface area contributed by atoms with Gasteiger partial charge in [0.2, 0.25) is 15.8 Å². The van der Waals surface area contributed by atoms with E-state index in [1.807, 2.05) is 12.1 Å². The number of tetrazole rings is 1. The zero-order valence-electron chi connectivity index (χ0n) is 39.6. The highest BCUT2D eigenvalue weighted by Gasteiger charge is 2.46. The van der Waals surface area contributed by atoms with Gasteiger partial charge in [-0.3, -0.25) is 0 Å². The van der Waals surface area contributed by atoms with E-state index in [9.17, 15) is 9.59 Å². The van der Waals surface area contributed by atoms with E-state index < -0.39 is 52.6 Å². The number of carbonyl (C=O) groups is 2. The Bertz CT molecular complexity index is 3210. The van der Waals surface area contributed by atoms with Gasteiger partial charge < -0.3 is 33.0 Å². The Labute approximate surface area is 405 Å². The third kappa shape index (κ3) is 10.3. The lowest BCUT2D eigenvalue weighted by atomic mass is 10.00. The average Bonchev–Trinajstić information content (AvgIpc) is 3.98. The van der Waals surface area contributed by atoms with Crippen molar-refractivity contribution in [3.63, 3.8) is 0 Å². The van der Waals surface area contributed by atoms with Crippen molar-refractivity contribution in [2.24, 2.45) is 0 Å². The van der Waals surface area contributed by atoms with Crippen molar-refractivity contribution in [1.82, 2.24) is 38.8 Å². The lowest BCUT2D eigenvalue weighted by Gasteiger charge is -2.39. The Morgan fingerprint density at radius 1 is 0.757 bits per heavy atom. The third-order valence-corrected chi connectivity index (χ3v) is 15.6. The number of ether oxygens (including phenoxy) is 5. The lowest BCUT2D eigenvalue weighted by molar-refractivity contribution is 0.0138. The van der Waals surface area contributed by atoms with Crippen LogP contribution in [-0.2, 0) is 49.0 Å². The topological polar surface area (TPSA) is 216 Å². The summed E-state index contributed by atoms with van der Waals surface area (Å²) in [6, 6.07) is 26.9. The molecular weight excluding hydrogens is 941 g/mol. The quantitative estimate of drug-likeness (QED) is 0.0869. The van der Waals surface area contributed by atoms with E-state index in [-0.39, 0.29) is 67.6 Å². The molecule has 7 aromatic rings. The van der Waals surface area contributed by atoms with E-state index >= 15 is 16.8 Å². The van der Waals surface area contributed by atoms with Gasteiger partial charge in [-0.1, -0.05) is 42.5 Å². The number of sulfone groups is 1. The number of carbonyl (C=O) groups excluding carboxylic acids is 2. The van der Waals surface area contributed by atoms with Crippen molar-refractivity contribution >= 4 is 37.6 Å². The Hall–Kier alpha value is -7.36. The van der Waals surface area contributed by atoms with Gasteiger partial charge in [-0.2, -0.15) is 9.10 Å². The number of likely N-dealkylation sites (tertiary alicyclic amines) is 1. The number of nitrogens with zero attached hydrogens (tertiary/aromatic N) is 8. The summed E-state index contributed by atoms with van der Waals surface area (Å²) in [6.45, 7) is 5.96. The van der Waals surface area contributed by atoms with Crippen molar-refractivity contribution in [2.45, 2.75) is 68.0 Å². The lowest BCUT2D eigenvalue weighted by Crippen LogP contribution is -2.57. The van der Waals surface area contributed by atoms with Crippen LogP contribution in [0.5, 0.6) is 17.2 Å². The standard InChI is InChI=1S/C49H52N8O11S2/c1-8-67-47(58)41-31-54-25-9-10-40(46(54)50-41)39-23-24-42(69(60,61)38-29-55(30-38)48(59)68-49(2,3)4)44(43(39)45-51-53-57(52-45)28-34-15-21-37(66-7)22-16-34)70(62,63)56(26-32-11-17-35(64-5)18-12-32)27-33-13-19-36(65-6)20-14-33/h9-25,31,38H,8,26-30H2,1-7H3. The maximum absolute atomic E-state index is 16.2. The van der Waals surface area contributed by atoms with E-state index in [1.165, 1.54) is 46.6 Å². The summed E-state index contributed by atoms with van der Waals surface area (Å²) in [7, 11) is -5.03. The van der Waals surface area contributed by atoms with Gasteiger partial charge in [0.15, 0.2) is 15.5 Å². The fraction of sp³-hybridized carbons (Fsp3) is 0.306. The first-order valence-electron chi connectivity index (χ1n) is 22.1. The number of fused-ring (bicyclic) bond motifs is 1. The molecule has 4 heterocycles. The van der Waals surface area contributed by atoms with Gasteiger partial charge in [0, 0.05) is 44.1 Å². The van der Waals surface area contributed by atoms with Crippen molar-refractivity contribution in [3.8, 4) is 39.8 Å². The summed E-state index contributed by atoms with van der Waals surface area (Å²) in [6.07, 6.45) is 2.43. The minimum Gasteiger partial charge on any atom is -0.497 e. The molecule has 0 radical (unpaired) electrons. The Balaban J connectivity index is 1.38. The molecule has 70 heavy (non-hydrogen) atoms. The van der Waals surface area contributed by atoms with Gasteiger partial charge >= 0.3 is 12.1 Å². The Kier molecular flexibility index (Phi) is 14.0. The fourth-order valence-corrected chi connectivity index (χ4v) is 11.9. The number of hydrogen-bond donors (Lipinski definition) is 0. The van der Waals surface area contributed by atoms with Crippen molar-refractivity contribution in [1.29, 1.82) is 0 Å². The Morgan fingerprint density at radius 3 is 1.87 bits per heavy atom. The summed E-state index contributed by atoms with van der Waals surface area (Å²) >= 11 is 0. The molecule has 3 aromatic heterocycles. The number of methoxy groups -OCH3 is 3. The second-order valence-corrected chi connectivity index (χ2v) is 21.4. The molecular formula is C49H52N8O11S2. The molecule has 19 nitrogen and oxygen atoms in total. The van der Waals surface area contributed by atoms with Crippen LogP contribution in [0.25, 0.3) is 28.2 Å². The van der Waals surface area contributed by atoms with E-state index in [4.69, 9.17) is 28.8 Å². The molecule has 1 aliphatic heterocycles. The van der Waals surface area contributed by atoms with E-state index in [0.717, 1.165) is 5.56 Å². The van der Waals surface area contributed by atoms with Crippen molar-refractivity contribution in [3.05, 3.63) is 132 Å². The van der Waals surface area contributed by atoms with Gasteiger partial charge in [-0.25, -0.2) is 31.4 Å². The first kappa shape index (κ1) is 49.1. The van der Waals surface area contributed by atoms with Crippen LogP contribution < -0.4 is 14.2 Å². The smallest absolute Gasteiger partial charge is 0.410 e. The second-order valence-electron chi connectivity index (χ2n) is 17.3. The SMILES string of the molecule is CCOC(=O)c1cn2cccc(-c3ccc(S(=O)(=O)C4CN(C(=O)OC(C)(C)C)C4)c(S(=O)(=O)N(Cc4ccc(OC)cc4)Cc4ccc(OC)cc4)c3-c3nnn(Cc4ccc(OC)cc4)n3)c2n1. The molecule has 0 N–H and O–H groups in total. The number of rotatable bonds is 17. The van der Waals surface area contributed by atoms with Crippen LogP contribution >= 0.6 is 0 Å². The van der Waals surface area contributed by atoms with Crippen molar-refractivity contribution in [2.75, 3.05) is 41.0 Å². The minimum absolute atomic E-state index is 0.0175. The number of benzene rings is 4. The van der Waals surface area contributed by atoms with Crippen LogP contribution in [0.4, 0.5) is 4.79 Å². The van der Waals surface area contributed by atoms with Crippen LogP contribution in [0, 0.1) is 0 Å². The van der Waals surface area contributed by atoms with Crippen LogP contribution in [0.2, 0.25) is 0 Å². The predicted octanol–water partition coefficient (Wildman–Crippen LogP) is 6.69. The molecule has 1 amide bonds. The zero-order chi connectivity index (χ0) is 50.0. The molecule has 1 aliphatic rings. The fourth-order valence-electron chi connectivity index (χ4n) is 7.83. The molecule has 0 unspecified atom stereocenters. The number of amides is 1. The highest BCUT2D eigenvalue weighted by atomic mass is 32.2. The molecule has 0 bridgehead atoms. The highest BCUT2D eigenvalue weighted by Crippen LogP contribution is 2.44. The average molecular weight is 993 g/mol.